The summed E-state index contributed by atoms with van der Waals surface area (Å²) in [6, 6.07) is -0.478. The summed E-state index contributed by atoms with van der Waals surface area (Å²) in [5.74, 6) is -3.58. The van der Waals surface area contributed by atoms with Gasteiger partial charge in [-0.1, -0.05) is 6.92 Å². The first-order chi connectivity index (χ1) is 9.30. The molecule has 0 aromatic rings. The number of hydrogen-bond donors (Lipinski definition) is 4. The molecular weight excluding hydrogens is 270 g/mol. The highest BCUT2D eigenvalue weighted by atomic mass is 16.8. The average molecular weight is 289 g/mol. The van der Waals surface area contributed by atoms with E-state index in [1.165, 1.54) is 6.92 Å². The van der Waals surface area contributed by atoms with Crippen LogP contribution in [-0.2, 0) is 19.1 Å². The van der Waals surface area contributed by atoms with Crippen molar-refractivity contribution in [1.82, 2.24) is 5.32 Å². The molecule has 0 aliphatic carbocycles. The van der Waals surface area contributed by atoms with Gasteiger partial charge in [0.05, 0.1) is 12.6 Å². The second-order valence-corrected chi connectivity index (χ2v) is 5.38. The van der Waals surface area contributed by atoms with Gasteiger partial charge in [0.1, 0.15) is 18.3 Å². The fourth-order valence-electron chi connectivity index (χ4n) is 2.90. The molecule has 4 N–H and O–H groups in total. The molecule has 20 heavy (non-hydrogen) atoms. The van der Waals surface area contributed by atoms with Crippen molar-refractivity contribution in [2.75, 3.05) is 6.61 Å². The van der Waals surface area contributed by atoms with Crippen molar-refractivity contribution in [3.8, 4) is 0 Å². The quantitative estimate of drug-likeness (QED) is 0.493. The van der Waals surface area contributed by atoms with Crippen molar-refractivity contribution in [3.63, 3.8) is 0 Å². The third-order valence-electron chi connectivity index (χ3n) is 3.80. The molecule has 2 saturated heterocycles. The molecule has 1 amide bonds. The number of nitrogens with one attached hydrogen (secondary N) is 1. The summed E-state index contributed by atoms with van der Waals surface area (Å²) in [5.41, 5.74) is 0. The molecule has 0 aromatic heterocycles. The van der Waals surface area contributed by atoms with Gasteiger partial charge in [-0.15, -0.1) is 0 Å². The van der Waals surface area contributed by atoms with E-state index in [9.17, 15) is 19.8 Å². The Hall–Kier alpha value is -1.22. The third kappa shape index (κ3) is 2.39. The molecule has 6 atom stereocenters. The van der Waals surface area contributed by atoms with Gasteiger partial charge < -0.3 is 30.1 Å². The normalized spacial score (nSPS) is 41.2. The van der Waals surface area contributed by atoms with Crippen LogP contribution in [0.2, 0.25) is 0 Å². The highest BCUT2D eigenvalue weighted by Crippen LogP contribution is 2.44. The van der Waals surface area contributed by atoms with Crippen LogP contribution in [0.4, 0.5) is 0 Å². The topological polar surface area (TPSA) is 125 Å². The number of rotatable bonds is 4. The van der Waals surface area contributed by atoms with Crippen LogP contribution < -0.4 is 5.32 Å². The van der Waals surface area contributed by atoms with Crippen molar-refractivity contribution in [3.05, 3.63) is 0 Å². The highest BCUT2D eigenvalue weighted by molar-refractivity contribution is 5.77. The van der Waals surface area contributed by atoms with Crippen LogP contribution >= 0.6 is 0 Å². The van der Waals surface area contributed by atoms with Crippen LogP contribution in [0, 0.1) is 5.92 Å². The number of hydrogen-bond acceptors (Lipinski definition) is 6. The predicted molar refractivity (Wildman–Crippen MR) is 64.6 cm³/mol. The number of aliphatic hydroxyl groups is 2. The number of aliphatic hydroxyl groups excluding tert-OH is 2. The Balaban J connectivity index is 2.30. The minimum Gasteiger partial charge on any atom is -0.477 e. The van der Waals surface area contributed by atoms with Crippen LogP contribution in [0.25, 0.3) is 0 Å². The lowest BCUT2D eigenvalue weighted by atomic mass is 9.85. The van der Waals surface area contributed by atoms with E-state index >= 15 is 0 Å². The maximum atomic E-state index is 11.4. The summed E-state index contributed by atoms with van der Waals surface area (Å²) >= 11 is 0. The lowest BCUT2D eigenvalue weighted by Gasteiger charge is -2.38. The van der Waals surface area contributed by atoms with Gasteiger partial charge in [0, 0.05) is 13.3 Å². The first-order valence-corrected chi connectivity index (χ1v) is 6.46. The van der Waals surface area contributed by atoms with Crippen molar-refractivity contribution >= 4 is 11.9 Å². The van der Waals surface area contributed by atoms with Gasteiger partial charge in [-0.05, 0) is 5.92 Å². The standard InChI is InChI=1S/C12H19NO7/c1-5-3-12(11(17)18)19-9(7(16)4-14)10(20-12)8(5)13-6(2)15/h5,7-10,14,16H,3-4H2,1-2H3,(H,13,15)(H,17,18). The smallest absolute Gasteiger partial charge is 0.364 e. The minimum atomic E-state index is -1.82. The van der Waals surface area contributed by atoms with Gasteiger partial charge in [0.15, 0.2) is 0 Å². The number of carboxylic acids is 1. The van der Waals surface area contributed by atoms with Gasteiger partial charge in [0.2, 0.25) is 5.91 Å². The number of carbonyl (C=O) groups excluding carboxylic acids is 1. The van der Waals surface area contributed by atoms with Crippen LogP contribution in [-0.4, -0.2) is 63.9 Å². The summed E-state index contributed by atoms with van der Waals surface area (Å²) in [6.45, 7) is 2.55. The lowest BCUT2D eigenvalue weighted by molar-refractivity contribution is -0.228. The molecule has 114 valence electrons. The maximum absolute atomic E-state index is 11.4. The van der Waals surface area contributed by atoms with E-state index in [2.05, 4.69) is 5.32 Å². The minimum absolute atomic E-state index is 0.0540. The molecule has 6 unspecified atom stereocenters. The molecule has 2 rings (SSSR count). The SMILES string of the molecule is CC(=O)NC1C(C)CC2(C(=O)O)OC(C(O)CO)C1O2. The van der Waals surface area contributed by atoms with Gasteiger partial charge >= 0.3 is 5.97 Å². The Morgan fingerprint density at radius 3 is 2.60 bits per heavy atom. The van der Waals surface area contributed by atoms with Crippen molar-refractivity contribution < 1.29 is 34.4 Å². The molecule has 0 radical (unpaired) electrons. The van der Waals surface area contributed by atoms with E-state index in [1.54, 1.807) is 6.92 Å². The summed E-state index contributed by atoms with van der Waals surface area (Å²) in [5, 5.41) is 30.8. The fraction of sp³-hybridized carbons (Fsp3) is 0.833. The van der Waals surface area contributed by atoms with Gasteiger partial charge in [0.25, 0.3) is 5.79 Å². The van der Waals surface area contributed by atoms with Crippen molar-refractivity contribution in [2.45, 2.75) is 50.4 Å². The number of aliphatic carboxylic acids is 1. The molecule has 2 bridgehead atoms. The van der Waals surface area contributed by atoms with Gasteiger partial charge in [-0.25, -0.2) is 4.79 Å². The molecule has 8 nitrogen and oxygen atoms in total. The average Bonchev–Trinajstić information content (AvgIpc) is 2.70. The highest BCUT2D eigenvalue weighted by Gasteiger charge is 2.62. The first-order valence-electron chi connectivity index (χ1n) is 6.46. The molecule has 0 saturated carbocycles. The summed E-state index contributed by atoms with van der Waals surface area (Å²) in [7, 11) is 0. The molecule has 8 heteroatoms. The van der Waals surface area contributed by atoms with E-state index < -0.39 is 42.7 Å². The fourth-order valence-corrected chi connectivity index (χ4v) is 2.90. The molecule has 2 aliphatic heterocycles. The zero-order valence-electron chi connectivity index (χ0n) is 11.3. The molecule has 0 spiro atoms. The largest absolute Gasteiger partial charge is 0.477 e. The van der Waals surface area contributed by atoms with Crippen molar-refractivity contribution in [1.29, 1.82) is 0 Å². The number of carboxylic acid groups (broad SMARTS) is 1. The Morgan fingerprint density at radius 1 is 1.45 bits per heavy atom. The molecular formula is C12H19NO7. The van der Waals surface area contributed by atoms with Crippen LogP contribution in [0.5, 0.6) is 0 Å². The van der Waals surface area contributed by atoms with Crippen molar-refractivity contribution in [2.24, 2.45) is 5.92 Å². The van der Waals surface area contributed by atoms with E-state index in [4.69, 9.17) is 14.6 Å². The molecule has 0 aromatic carbocycles. The number of amides is 1. The van der Waals surface area contributed by atoms with Crippen LogP contribution in [0.3, 0.4) is 0 Å². The summed E-state index contributed by atoms with van der Waals surface area (Å²) < 4.78 is 10.8. The zero-order chi connectivity index (χ0) is 15.1. The van der Waals surface area contributed by atoms with Gasteiger partial charge in [-0.2, -0.15) is 0 Å². The third-order valence-corrected chi connectivity index (χ3v) is 3.80. The van der Waals surface area contributed by atoms with Crippen LogP contribution in [0.15, 0.2) is 0 Å². The Morgan fingerprint density at radius 2 is 2.10 bits per heavy atom. The first kappa shape index (κ1) is 15.2. The Labute approximate surface area is 115 Å². The monoisotopic (exact) mass is 289 g/mol. The maximum Gasteiger partial charge on any atom is 0.364 e. The van der Waals surface area contributed by atoms with E-state index in [0.29, 0.717) is 0 Å². The number of ether oxygens (including phenoxy) is 2. The molecule has 2 fully saturated rings. The predicted octanol–water partition coefficient (Wildman–Crippen LogP) is -1.55. The Kier molecular flexibility index (Phi) is 4.01. The zero-order valence-corrected chi connectivity index (χ0v) is 11.3. The van der Waals surface area contributed by atoms with E-state index in [-0.39, 0.29) is 18.2 Å². The number of fused-ring (bicyclic) bond motifs is 2. The Bertz CT molecular complexity index is 415. The summed E-state index contributed by atoms with van der Waals surface area (Å²) in [4.78, 5) is 22.6. The molecule has 2 aliphatic rings. The lowest BCUT2D eigenvalue weighted by Crippen LogP contribution is -2.57. The second-order valence-electron chi connectivity index (χ2n) is 5.38. The summed E-state index contributed by atoms with van der Waals surface area (Å²) in [6.07, 6.45) is -3.04. The second kappa shape index (κ2) is 5.28. The van der Waals surface area contributed by atoms with Gasteiger partial charge in [-0.3, -0.25) is 4.79 Å². The number of carbonyl (C=O) groups is 2. The van der Waals surface area contributed by atoms with E-state index in [1.807, 2.05) is 0 Å². The van der Waals surface area contributed by atoms with Crippen LogP contribution in [0.1, 0.15) is 20.3 Å². The van der Waals surface area contributed by atoms with E-state index in [0.717, 1.165) is 0 Å². The molecule has 2 heterocycles.